The zero-order valence-electron chi connectivity index (χ0n) is 13.8. The number of para-hydroxylation sites is 1. The van der Waals surface area contributed by atoms with Gasteiger partial charge in [0.05, 0.1) is 42.4 Å². The van der Waals surface area contributed by atoms with Crippen LogP contribution in [0, 0.1) is 0 Å². The summed E-state index contributed by atoms with van der Waals surface area (Å²) in [4.78, 5) is 8.57. The molecule has 124 valence electrons. The van der Waals surface area contributed by atoms with Crippen LogP contribution in [0.4, 0.5) is 0 Å². The number of nitrogens with zero attached hydrogens (tertiary/aromatic N) is 2. The van der Waals surface area contributed by atoms with Gasteiger partial charge in [0.25, 0.3) is 0 Å². The van der Waals surface area contributed by atoms with Crippen LogP contribution in [0.2, 0.25) is 0 Å². The van der Waals surface area contributed by atoms with E-state index in [1.807, 2.05) is 11.3 Å². The van der Waals surface area contributed by atoms with E-state index >= 15 is 0 Å². The molecule has 0 atom stereocenters. The molecule has 6 heteroatoms. The van der Waals surface area contributed by atoms with Crippen LogP contribution < -0.4 is 10.2 Å². The summed E-state index contributed by atoms with van der Waals surface area (Å²) >= 11 is 7.38. The van der Waals surface area contributed by atoms with Gasteiger partial charge in [-0.2, -0.15) is 0 Å². The van der Waals surface area contributed by atoms with Crippen molar-refractivity contribution in [2.75, 3.05) is 40.3 Å². The van der Waals surface area contributed by atoms with Gasteiger partial charge in [0.2, 0.25) is 0 Å². The average Bonchev–Trinajstić information content (AvgIpc) is 2.98. The molecule has 1 aliphatic rings. The van der Waals surface area contributed by atoms with Crippen molar-refractivity contribution < 1.29 is 4.90 Å². The van der Waals surface area contributed by atoms with Crippen LogP contribution in [0.5, 0.6) is 0 Å². The first-order valence-electron chi connectivity index (χ1n) is 8.31. The molecule has 0 bridgehead atoms. The molecule has 1 aromatic carbocycles. The molecule has 1 aromatic heterocycles. The quantitative estimate of drug-likeness (QED) is 0.820. The van der Waals surface area contributed by atoms with Gasteiger partial charge in [0, 0.05) is 19.0 Å². The maximum Gasteiger partial charge on any atom is 0.169 e. The Morgan fingerprint density at radius 2 is 2.09 bits per heavy atom. The number of piperidine rings is 1. The van der Waals surface area contributed by atoms with Crippen LogP contribution in [0.25, 0.3) is 10.2 Å². The topological polar surface area (TPSA) is 32.6 Å². The molecule has 0 radical (unpaired) electrons. The second-order valence-corrected chi connectivity index (χ2v) is 7.92. The number of rotatable bonds is 4. The first kappa shape index (κ1) is 16.6. The molecule has 1 saturated heterocycles. The Balaban J connectivity index is 1.52. The number of thiazole rings is 1. The van der Waals surface area contributed by atoms with Crippen molar-refractivity contribution in [3.63, 3.8) is 0 Å². The van der Waals surface area contributed by atoms with Gasteiger partial charge in [-0.1, -0.05) is 12.1 Å². The van der Waals surface area contributed by atoms with Gasteiger partial charge in [-0.05, 0) is 37.2 Å². The molecule has 23 heavy (non-hydrogen) atoms. The molecule has 0 saturated carbocycles. The first-order chi connectivity index (χ1) is 11.1. The number of fused-ring (bicyclic) bond motifs is 1. The lowest BCUT2D eigenvalue weighted by molar-refractivity contribution is -0.856. The summed E-state index contributed by atoms with van der Waals surface area (Å²) in [5.74, 6) is 0.581. The predicted octanol–water partition coefficient (Wildman–Crippen LogP) is 1.49. The number of likely N-dealkylation sites (N-methyl/N-ethyl adjacent to an activating group) is 1. The summed E-state index contributed by atoms with van der Waals surface area (Å²) in [5, 5.41) is 5.59. The van der Waals surface area contributed by atoms with Gasteiger partial charge in [-0.25, -0.2) is 4.98 Å². The van der Waals surface area contributed by atoms with Gasteiger partial charge >= 0.3 is 0 Å². The molecule has 0 aliphatic carbocycles. The van der Waals surface area contributed by atoms with Crippen molar-refractivity contribution in [3.05, 3.63) is 29.3 Å². The number of hydrogen-bond acceptors (Lipinski definition) is 3. The number of benzene rings is 1. The molecule has 2 aromatic rings. The number of nitrogens with one attached hydrogen (secondary N) is 2. The van der Waals surface area contributed by atoms with Crippen molar-refractivity contribution in [1.29, 1.82) is 0 Å². The third-order valence-electron chi connectivity index (χ3n) is 4.34. The summed E-state index contributed by atoms with van der Waals surface area (Å²) in [6.07, 6.45) is 2.28. The fourth-order valence-corrected chi connectivity index (χ4v) is 4.35. The summed E-state index contributed by atoms with van der Waals surface area (Å²) in [6, 6.07) is 8.42. The van der Waals surface area contributed by atoms with Crippen molar-refractivity contribution in [1.82, 2.24) is 15.2 Å². The second-order valence-electron chi connectivity index (χ2n) is 6.47. The summed E-state index contributed by atoms with van der Waals surface area (Å²) in [6.45, 7) is 4.09. The van der Waals surface area contributed by atoms with Crippen LogP contribution in [0.15, 0.2) is 24.3 Å². The Morgan fingerprint density at radius 3 is 2.78 bits per heavy atom. The van der Waals surface area contributed by atoms with Gasteiger partial charge in [-0.3, -0.25) is 0 Å². The van der Waals surface area contributed by atoms with E-state index in [1.165, 1.54) is 14.6 Å². The van der Waals surface area contributed by atoms with E-state index in [0.717, 1.165) is 49.6 Å². The Morgan fingerprint density at radius 1 is 1.35 bits per heavy atom. The fraction of sp³-hybridized carbons (Fsp3) is 0.529. The van der Waals surface area contributed by atoms with Crippen LogP contribution in [-0.2, 0) is 0 Å². The fourth-order valence-electron chi connectivity index (χ4n) is 2.93. The highest BCUT2D eigenvalue weighted by atomic mass is 32.1. The zero-order chi connectivity index (χ0) is 16.2. The van der Waals surface area contributed by atoms with Crippen LogP contribution >= 0.6 is 23.6 Å². The number of thiocarbonyl (C=S) groups is 1. The van der Waals surface area contributed by atoms with Crippen LogP contribution in [0.3, 0.4) is 0 Å². The van der Waals surface area contributed by atoms with Crippen LogP contribution in [0.1, 0.15) is 23.8 Å². The minimum Gasteiger partial charge on any atom is -0.357 e. The Hall–Kier alpha value is -1.24. The van der Waals surface area contributed by atoms with Gasteiger partial charge in [-0.15, -0.1) is 11.3 Å². The molecular weight excluding hydrogens is 324 g/mol. The summed E-state index contributed by atoms with van der Waals surface area (Å²) < 4.78 is 1.30. The summed E-state index contributed by atoms with van der Waals surface area (Å²) in [5.41, 5.74) is 1.14. The Labute approximate surface area is 147 Å². The minimum absolute atomic E-state index is 0.581. The molecule has 2 heterocycles. The number of aromatic nitrogens is 1. The lowest BCUT2D eigenvalue weighted by Gasteiger charge is -2.33. The van der Waals surface area contributed by atoms with E-state index in [9.17, 15) is 0 Å². The first-order valence-corrected chi connectivity index (χ1v) is 9.53. The summed E-state index contributed by atoms with van der Waals surface area (Å²) in [7, 11) is 4.32. The Kier molecular flexibility index (Phi) is 5.46. The molecule has 2 N–H and O–H groups in total. The molecular formula is C17H25N4S2+. The predicted molar refractivity (Wildman–Crippen MR) is 101 cm³/mol. The highest BCUT2D eigenvalue weighted by molar-refractivity contribution is 7.80. The van der Waals surface area contributed by atoms with E-state index in [-0.39, 0.29) is 0 Å². The molecule has 0 spiro atoms. The highest BCUT2D eigenvalue weighted by Crippen LogP contribution is 2.33. The molecule has 1 aliphatic heterocycles. The molecule has 3 rings (SSSR count). The second kappa shape index (κ2) is 7.55. The number of hydrogen-bond donors (Lipinski definition) is 2. The van der Waals surface area contributed by atoms with Crippen LogP contribution in [-0.4, -0.2) is 55.3 Å². The van der Waals surface area contributed by atoms with E-state index in [1.54, 1.807) is 0 Å². The average molecular weight is 350 g/mol. The molecule has 0 amide bonds. The lowest BCUT2D eigenvalue weighted by atomic mass is 9.98. The third kappa shape index (κ3) is 4.19. The van der Waals surface area contributed by atoms with E-state index in [2.05, 4.69) is 48.6 Å². The van der Waals surface area contributed by atoms with Crippen molar-refractivity contribution in [2.24, 2.45) is 0 Å². The van der Waals surface area contributed by atoms with Crippen molar-refractivity contribution in [2.45, 2.75) is 18.8 Å². The number of likely N-dealkylation sites (tertiary alicyclic amines) is 1. The SMILES string of the molecule is C[NH+](C)CCNC(=S)N1CCC(c2nc3ccccc3s2)CC1. The standard InChI is InChI=1S/C17H24N4S2/c1-20(2)12-9-18-17(22)21-10-7-13(8-11-21)16-19-14-5-3-4-6-15(14)23-16/h3-6,13H,7-12H2,1-2H3,(H,18,22)/p+1. The zero-order valence-corrected chi connectivity index (χ0v) is 15.5. The van der Waals surface area contributed by atoms with E-state index in [4.69, 9.17) is 17.2 Å². The van der Waals surface area contributed by atoms with Gasteiger partial charge in [0.1, 0.15) is 0 Å². The highest BCUT2D eigenvalue weighted by Gasteiger charge is 2.24. The third-order valence-corrected chi connectivity index (χ3v) is 5.94. The normalized spacial score (nSPS) is 16.2. The largest absolute Gasteiger partial charge is 0.357 e. The van der Waals surface area contributed by atoms with Crippen molar-refractivity contribution in [3.8, 4) is 0 Å². The van der Waals surface area contributed by atoms with Gasteiger partial charge in [0.15, 0.2) is 5.11 Å². The lowest BCUT2D eigenvalue weighted by Crippen LogP contribution is -3.06. The smallest absolute Gasteiger partial charge is 0.169 e. The molecule has 0 unspecified atom stereocenters. The van der Waals surface area contributed by atoms with Crippen molar-refractivity contribution >= 4 is 38.9 Å². The number of quaternary nitrogens is 1. The minimum atomic E-state index is 0.581. The van der Waals surface area contributed by atoms with Gasteiger partial charge < -0.3 is 15.1 Å². The monoisotopic (exact) mass is 349 g/mol. The maximum absolute atomic E-state index is 5.53. The van der Waals surface area contributed by atoms with E-state index in [0.29, 0.717) is 5.92 Å². The molecule has 1 fully saturated rings. The molecule has 4 nitrogen and oxygen atoms in total. The maximum atomic E-state index is 5.53. The van der Waals surface area contributed by atoms with E-state index < -0.39 is 0 Å². The Bertz CT molecular complexity index is 626.